The van der Waals surface area contributed by atoms with Gasteiger partial charge in [0.15, 0.2) is 5.96 Å². The molecule has 2 fully saturated rings. The van der Waals surface area contributed by atoms with Crippen LogP contribution in [0.15, 0.2) is 4.99 Å². The van der Waals surface area contributed by atoms with E-state index in [9.17, 15) is 0 Å². The van der Waals surface area contributed by atoms with Crippen LogP contribution >= 0.6 is 24.0 Å². The first-order valence-corrected chi connectivity index (χ1v) is 8.91. The monoisotopic (exact) mass is 437 g/mol. The molecule has 2 aliphatic rings. The van der Waals surface area contributed by atoms with E-state index in [1.807, 2.05) is 7.05 Å². The first kappa shape index (κ1) is 21.0. The van der Waals surface area contributed by atoms with Crippen molar-refractivity contribution >= 4 is 29.9 Å². The second-order valence-electron chi connectivity index (χ2n) is 7.76. The zero-order chi connectivity index (χ0) is 16.0. The largest absolute Gasteiger partial charge is 0.355 e. The standard InChI is InChI=1S/C17H35N5.HI/c1-17(2,3)20-9-8-19-16(18-4)22-12-7-15(14-22)13-21-10-5-6-11-21;/h15,20H,5-14H2,1-4H3,(H,18,19);1H. The summed E-state index contributed by atoms with van der Waals surface area (Å²) in [6.45, 7) is 14.7. The molecule has 0 aromatic heterocycles. The molecule has 2 heterocycles. The number of nitrogens with one attached hydrogen (secondary N) is 2. The molecule has 0 amide bonds. The third-order valence-electron chi connectivity index (χ3n) is 4.58. The zero-order valence-electron chi connectivity index (χ0n) is 15.4. The summed E-state index contributed by atoms with van der Waals surface area (Å²) in [5.74, 6) is 1.88. The highest BCUT2D eigenvalue weighted by Gasteiger charge is 2.27. The molecule has 0 radical (unpaired) electrons. The average molecular weight is 437 g/mol. The normalized spacial score (nSPS) is 23.2. The quantitative estimate of drug-likeness (QED) is 0.299. The van der Waals surface area contributed by atoms with Crippen molar-refractivity contribution in [3.63, 3.8) is 0 Å². The van der Waals surface area contributed by atoms with Gasteiger partial charge >= 0.3 is 0 Å². The van der Waals surface area contributed by atoms with Gasteiger partial charge in [-0.3, -0.25) is 4.99 Å². The lowest BCUT2D eigenvalue weighted by molar-refractivity contribution is 0.281. The Labute approximate surface area is 159 Å². The summed E-state index contributed by atoms with van der Waals surface area (Å²) in [6, 6.07) is 0. The Balaban J connectivity index is 0.00000264. The highest BCUT2D eigenvalue weighted by atomic mass is 127. The third-order valence-corrected chi connectivity index (χ3v) is 4.58. The molecule has 0 spiro atoms. The first-order valence-electron chi connectivity index (χ1n) is 8.91. The summed E-state index contributed by atoms with van der Waals surface area (Å²) in [4.78, 5) is 9.53. The van der Waals surface area contributed by atoms with Crippen molar-refractivity contribution in [1.29, 1.82) is 0 Å². The number of likely N-dealkylation sites (tertiary alicyclic amines) is 2. The minimum absolute atomic E-state index is 0. The van der Waals surface area contributed by atoms with Crippen LogP contribution in [-0.4, -0.2) is 74.2 Å². The molecule has 0 aromatic rings. The van der Waals surface area contributed by atoms with Gasteiger partial charge < -0.3 is 20.4 Å². The van der Waals surface area contributed by atoms with E-state index in [4.69, 9.17) is 0 Å². The van der Waals surface area contributed by atoms with Gasteiger partial charge in [0, 0.05) is 45.3 Å². The SMILES string of the molecule is CN=C(NCCNC(C)(C)C)N1CCC(CN2CCCC2)C1.I. The van der Waals surface area contributed by atoms with E-state index in [0.717, 1.165) is 38.1 Å². The van der Waals surface area contributed by atoms with Crippen molar-refractivity contribution in [2.75, 3.05) is 52.9 Å². The van der Waals surface area contributed by atoms with Gasteiger partial charge in [0.05, 0.1) is 0 Å². The van der Waals surface area contributed by atoms with Gasteiger partial charge in [0.2, 0.25) is 0 Å². The van der Waals surface area contributed by atoms with Crippen molar-refractivity contribution in [3.05, 3.63) is 0 Å². The lowest BCUT2D eigenvalue weighted by Gasteiger charge is -2.25. The van der Waals surface area contributed by atoms with E-state index in [1.54, 1.807) is 0 Å². The predicted octanol–water partition coefficient (Wildman–Crippen LogP) is 1.99. The topological polar surface area (TPSA) is 42.9 Å². The Morgan fingerprint density at radius 3 is 2.43 bits per heavy atom. The second kappa shape index (κ2) is 10.0. The summed E-state index contributed by atoms with van der Waals surface area (Å²) < 4.78 is 0. The van der Waals surface area contributed by atoms with Crippen LogP contribution in [0.3, 0.4) is 0 Å². The van der Waals surface area contributed by atoms with Crippen LogP contribution in [0.4, 0.5) is 0 Å². The lowest BCUT2D eigenvalue weighted by atomic mass is 10.1. The fourth-order valence-electron chi connectivity index (χ4n) is 3.45. The molecule has 2 saturated heterocycles. The maximum absolute atomic E-state index is 4.46. The van der Waals surface area contributed by atoms with Crippen LogP contribution in [-0.2, 0) is 0 Å². The smallest absolute Gasteiger partial charge is 0.193 e. The molecule has 0 aromatic carbocycles. The molecule has 6 heteroatoms. The Morgan fingerprint density at radius 2 is 1.83 bits per heavy atom. The Kier molecular flexibility index (Phi) is 9.15. The molecular weight excluding hydrogens is 401 g/mol. The number of hydrogen-bond donors (Lipinski definition) is 2. The van der Waals surface area contributed by atoms with Gasteiger partial charge in [-0.05, 0) is 59.0 Å². The number of hydrogen-bond acceptors (Lipinski definition) is 3. The van der Waals surface area contributed by atoms with Crippen molar-refractivity contribution < 1.29 is 0 Å². The number of aliphatic imine (C=N–C) groups is 1. The van der Waals surface area contributed by atoms with Crippen LogP contribution in [0.2, 0.25) is 0 Å². The van der Waals surface area contributed by atoms with Crippen molar-refractivity contribution in [3.8, 4) is 0 Å². The molecule has 2 aliphatic heterocycles. The van der Waals surface area contributed by atoms with E-state index in [1.165, 1.54) is 38.9 Å². The van der Waals surface area contributed by atoms with E-state index in [2.05, 4.69) is 46.2 Å². The Bertz CT molecular complexity index is 360. The van der Waals surface area contributed by atoms with Crippen molar-refractivity contribution in [2.45, 2.75) is 45.6 Å². The number of rotatable bonds is 5. The van der Waals surface area contributed by atoms with E-state index < -0.39 is 0 Å². The minimum atomic E-state index is 0. The molecule has 2 rings (SSSR count). The van der Waals surface area contributed by atoms with Crippen molar-refractivity contribution in [2.24, 2.45) is 10.9 Å². The van der Waals surface area contributed by atoms with Gasteiger partial charge in [0.1, 0.15) is 0 Å². The number of nitrogens with zero attached hydrogens (tertiary/aromatic N) is 3. The molecule has 5 nitrogen and oxygen atoms in total. The third kappa shape index (κ3) is 7.56. The van der Waals surface area contributed by atoms with E-state index in [0.29, 0.717) is 0 Å². The molecule has 1 atom stereocenters. The van der Waals surface area contributed by atoms with Crippen LogP contribution in [0.1, 0.15) is 40.0 Å². The summed E-state index contributed by atoms with van der Waals surface area (Å²) in [6.07, 6.45) is 4.08. The summed E-state index contributed by atoms with van der Waals surface area (Å²) in [5, 5.41) is 7.00. The lowest BCUT2D eigenvalue weighted by Crippen LogP contribution is -2.45. The fraction of sp³-hybridized carbons (Fsp3) is 0.941. The van der Waals surface area contributed by atoms with Gasteiger partial charge in [-0.25, -0.2) is 0 Å². The van der Waals surface area contributed by atoms with Gasteiger partial charge in [-0.1, -0.05) is 0 Å². The van der Waals surface area contributed by atoms with Crippen molar-refractivity contribution in [1.82, 2.24) is 20.4 Å². The highest BCUT2D eigenvalue weighted by molar-refractivity contribution is 14.0. The van der Waals surface area contributed by atoms with Gasteiger partial charge in [-0.15, -0.1) is 24.0 Å². The Hall–Kier alpha value is -0.0800. The second-order valence-corrected chi connectivity index (χ2v) is 7.76. The molecule has 0 aliphatic carbocycles. The molecule has 1 unspecified atom stereocenters. The maximum atomic E-state index is 4.46. The predicted molar refractivity (Wildman–Crippen MR) is 110 cm³/mol. The summed E-state index contributed by atoms with van der Waals surface area (Å²) in [7, 11) is 1.90. The van der Waals surface area contributed by atoms with Crippen LogP contribution in [0, 0.1) is 5.92 Å². The van der Waals surface area contributed by atoms with Gasteiger partial charge in [-0.2, -0.15) is 0 Å². The number of guanidine groups is 1. The molecular formula is C17H36IN5. The van der Waals surface area contributed by atoms with Crippen LogP contribution < -0.4 is 10.6 Å². The minimum Gasteiger partial charge on any atom is -0.355 e. The molecule has 0 bridgehead atoms. The maximum Gasteiger partial charge on any atom is 0.193 e. The van der Waals surface area contributed by atoms with E-state index in [-0.39, 0.29) is 29.5 Å². The van der Waals surface area contributed by atoms with Crippen LogP contribution in [0.5, 0.6) is 0 Å². The first-order chi connectivity index (χ1) is 10.5. The summed E-state index contributed by atoms with van der Waals surface area (Å²) >= 11 is 0. The highest BCUT2D eigenvalue weighted by Crippen LogP contribution is 2.19. The average Bonchev–Trinajstić information content (AvgIpc) is 3.10. The molecule has 2 N–H and O–H groups in total. The van der Waals surface area contributed by atoms with Gasteiger partial charge in [0.25, 0.3) is 0 Å². The van der Waals surface area contributed by atoms with Crippen LogP contribution in [0.25, 0.3) is 0 Å². The number of halogens is 1. The molecule has 0 saturated carbocycles. The summed E-state index contributed by atoms with van der Waals surface area (Å²) in [5.41, 5.74) is 0.180. The Morgan fingerprint density at radius 1 is 1.13 bits per heavy atom. The zero-order valence-corrected chi connectivity index (χ0v) is 17.7. The molecule has 23 heavy (non-hydrogen) atoms. The van der Waals surface area contributed by atoms with E-state index >= 15 is 0 Å². The fourth-order valence-corrected chi connectivity index (χ4v) is 3.45. The molecule has 136 valence electrons.